The quantitative estimate of drug-likeness (QED) is 0.359. The van der Waals surface area contributed by atoms with E-state index < -0.39 is 8.32 Å². The Morgan fingerprint density at radius 2 is 1.60 bits per heavy atom. The maximum atomic E-state index is 6.37. The average Bonchev–Trinajstić information content (AvgIpc) is 2.55. The monoisotopic (exact) mass is 348 g/mol. The maximum Gasteiger partial charge on any atom is 0.250 e. The van der Waals surface area contributed by atoms with Crippen LogP contribution in [0.4, 0.5) is 0 Å². The van der Waals surface area contributed by atoms with E-state index in [1.807, 2.05) is 42.5 Å². The lowest BCUT2D eigenvalue weighted by Crippen LogP contribution is -2.40. The summed E-state index contributed by atoms with van der Waals surface area (Å²) in [4.78, 5) is 0. The van der Waals surface area contributed by atoms with Crippen molar-refractivity contribution in [3.05, 3.63) is 77.9 Å². The number of hydrogen-bond donors (Lipinski definition) is 0. The van der Waals surface area contributed by atoms with Crippen LogP contribution in [0.25, 0.3) is 5.76 Å². The molecule has 130 valence electrons. The summed E-state index contributed by atoms with van der Waals surface area (Å²) in [5.74, 6) is 7.30. The first-order valence-electron chi connectivity index (χ1n) is 8.71. The van der Waals surface area contributed by atoms with Crippen LogP contribution < -0.4 is 0 Å². The predicted octanol–water partition coefficient (Wildman–Crippen LogP) is 6.27. The minimum Gasteiger partial charge on any atom is -0.543 e. The van der Waals surface area contributed by atoms with Crippen molar-refractivity contribution in [2.75, 3.05) is 0 Å². The summed E-state index contributed by atoms with van der Waals surface area (Å²) in [5, 5.41) is 0.143. The van der Waals surface area contributed by atoms with Gasteiger partial charge in [0, 0.05) is 17.5 Å². The molecule has 0 saturated heterocycles. The molecule has 0 aliphatic rings. The van der Waals surface area contributed by atoms with E-state index >= 15 is 0 Å². The highest BCUT2D eigenvalue weighted by atomic mass is 28.4. The molecule has 2 aromatic rings. The lowest BCUT2D eigenvalue weighted by Gasteiger charge is -2.37. The highest BCUT2D eigenvalue weighted by molar-refractivity contribution is 6.74. The fourth-order valence-corrected chi connectivity index (χ4v) is 3.22. The van der Waals surface area contributed by atoms with E-state index in [4.69, 9.17) is 4.43 Å². The first-order valence-corrected chi connectivity index (χ1v) is 11.6. The molecule has 0 bridgehead atoms. The Morgan fingerprint density at radius 1 is 1.00 bits per heavy atom. The molecule has 0 atom stereocenters. The second kappa shape index (κ2) is 7.76. The predicted molar refractivity (Wildman–Crippen MR) is 111 cm³/mol. The first kappa shape index (κ1) is 19.1. The first-order chi connectivity index (χ1) is 11.7. The molecular formula is C23H28OSi. The minimum atomic E-state index is -1.91. The Labute approximate surface area is 153 Å². The third-order valence-corrected chi connectivity index (χ3v) is 9.14. The third kappa shape index (κ3) is 5.11. The summed E-state index contributed by atoms with van der Waals surface area (Å²) < 4.78 is 6.37. The van der Waals surface area contributed by atoms with E-state index in [1.165, 1.54) is 5.56 Å². The summed E-state index contributed by atoms with van der Waals surface area (Å²) in [6.45, 7) is 15.4. The molecule has 2 heteroatoms. The van der Waals surface area contributed by atoms with Gasteiger partial charge in [0.1, 0.15) is 5.76 Å². The molecule has 2 rings (SSSR count). The second-order valence-electron chi connectivity index (χ2n) is 7.80. The molecule has 0 aliphatic heterocycles. The van der Waals surface area contributed by atoms with Crippen molar-refractivity contribution in [3.63, 3.8) is 0 Å². The van der Waals surface area contributed by atoms with Gasteiger partial charge in [0.15, 0.2) is 0 Å². The van der Waals surface area contributed by atoms with Crippen LogP contribution in [0.5, 0.6) is 0 Å². The smallest absolute Gasteiger partial charge is 0.250 e. The Hall–Kier alpha value is -2.24. The van der Waals surface area contributed by atoms with E-state index in [1.54, 1.807) is 0 Å². The van der Waals surface area contributed by atoms with Gasteiger partial charge in [0.25, 0.3) is 0 Å². The van der Waals surface area contributed by atoms with Crippen molar-refractivity contribution in [2.45, 2.75) is 45.3 Å². The van der Waals surface area contributed by atoms with E-state index in [2.05, 4.69) is 64.4 Å². The zero-order chi connectivity index (χ0) is 18.5. The molecule has 0 aromatic heterocycles. The largest absolute Gasteiger partial charge is 0.543 e. The molecule has 0 N–H and O–H groups in total. The summed E-state index contributed by atoms with van der Waals surface area (Å²) in [7, 11) is -1.91. The summed E-state index contributed by atoms with van der Waals surface area (Å²) in [6, 6.07) is 18.4. The van der Waals surface area contributed by atoms with Gasteiger partial charge in [0.2, 0.25) is 8.32 Å². The van der Waals surface area contributed by atoms with Gasteiger partial charge < -0.3 is 4.43 Å². The highest BCUT2D eigenvalue weighted by Crippen LogP contribution is 2.39. The zero-order valence-electron chi connectivity index (χ0n) is 16.0. The topological polar surface area (TPSA) is 9.23 Å². The van der Waals surface area contributed by atoms with E-state index in [0.29, 0.717) is 0 Å². The molecule has 0 radical (unpaired) electrons. The lowest BCUT2D eigenvalue weighted by molar-refractivity contribution is 0.459. The fourth-order valence-electron chi connectivity index (χ4n) is 2.19. The van der Waals surface area contributed by atoms with Crippen LogP contribution in [0.2, 0.25) is 18.1 Å². The molecule has 0 spiro atoms. The molecule has 0 amide bonds. The Morgan fingerprint density at radius 3 is 2.24 bits per heavy atom. The van der Waals surface area contributed by atoms with Crippen LogP contribution in [-0.4, -0.2) is 8.32 Å². The standard InChI is InChI=1S/C23H28OSi/c1-19(24-25(5,6)23(2,3)4)22-18-11-10-16-21(22)17-12-15-20-13-8-7-9-14-20/h7-11,13-14,16,18H,1,15H2,2-6H3. The molecule has 0 unspecified atom stereocenters. The summed E-state index contributed by atoms with van der Waals surface area (Å²) in [5.41, 5.74) is 3.19. The summed E-state index contributed by atoms with van der Waals surface area (Å²) in [6.07, 6.45) is 0.741. The molecule has 2 aromatic carbocycles. The lowest BCUT2D eigenvalue weighted by atomic mass is 10.1. The molecule has 0 aliphatic carbocycles. The minimum absolute atomic E-state index is 0.143. The Balaban J connectivity index is 2.20. The average molecular weight is 349 g/mol. The van der Waals surface area contributed by atoms with Gasteiger partial charge in [-0.3, -0.25) is 0 Å². The van der Waals surface area contributed by atoms with Crippen LogP contribution in [0.15, 0.2) is 61.2 Å². The van der Waals surface area contributed by atoms with Crippen LogP contribution in [0, 0.1) is 11.8 Å². The second-order valence-corrected chi connectivity index (χ2v) is 12.5. The molecule has 0 heterocycles. The van der Waals surface area contributed by atoms with Crippen LogP contribution in [-0.2, 0) is 10.8 Å². The van der Waals surface area contributed by atoms with E-state index in [9.17, 15) is 0 Å². The van der Waals surface area contributed by atoms with Crippen LogP contribution in [0.3, 0.4) is 0 Å². The number of benzene rings is 2. The maximum absolute atomic E-state index is 6.37. The van der Waals surface area contributed by atoms with Crippen molar-refractivity contribution < 1.29 is 4.43 Å². The third-order valence-electron chi connectivity index (χ3n) is 4.77. The Kier molecular flexibility index (Phi) is 5.92. The molecule has 0 saturated carbocycles. The number of hydrogen-bond acceptors (Lipinski definition) is 1. The van der Waals surface area contributed by atoms with E-state index in [0.717, 1.165) is 23.3 Å². The van der Waals surface area contributed by atoms with Crippen molar-refractivity contribution in [2.24, 2.45) is 0 Å². The summed E-state index contributed by atoms with van der Waals surface area (Å²) >= 11 is 0. The zero-order valence-corrected chi connectivity index (χ0v) is 17.0. The normalized spacial score (nSPS) is 11.4. The Bertz CT molecular complexity index is 786. The van der Waals surface area contributed by atoms with Gasteiger partial charge in [-0.1, -0.05) is 87.7 Å². The molecule has 1 nitrogen and oxygen atoms in total. The van der Waals surface area contributed by atoms with Gasteiger partial charge in [-0.25, -0.2) is 0 Å². The molecular weight excluding hydrogens is 320 g/mol. The van der Waals surface area contributed by atoms with Gasteiger partial charge in [-0.2, -0.15) is 0 Å². The SMILES string of the molecule is C=C(O[Si](C)(C)C(C)(C)C)c1ccccc1C#CCc1ccccc1. The highest BCUT2D eigenvalue weighted by Gasteiger charge is 2.39. The van der Waals surface area contributed by atoms with Gasteiger partial charge in [-0.05, 0) is 29.8 Å². The van der Waals surface area contributed by atoms with Gasteiger partial charge in [0.05, 0.1) is 0 Å². The van der Waals surface area contributed by atoms with Crippen molar-refractivity contribution in [3.8, 4) is 11.8 Å². The van der Waals surface area contributed by atoms with Crippen molar-refractivity contribution in [1.29, 1.82) is 0 Å². The van der Waals surface area contributed by atoms with Crippen LogP contribution >= 0.6 is 0 Å². The molecule has 0 fully saturated rings. The van der Waals surface area contributed by atoms with Crippen LogP contribution in [0.1, 0.15) is 37.5 Å². The van der Waals surface area contributed by atoms with Gasteiger partial charge in [-0.15, -0.1) is 0 Å². The number of rotatable bonds is 4. The van der Waals surface area contributed by atoms with Gasteiger partial charge >= 0.3 is 0 Å². The fraction of sp³-hybridized carbons (Fsp3) is 0.304. The van der Waals surface area contributed by atoms with E-state index in [-0.39, 0.29) is 5.04 Å². The van der Waals surface area contributed by atoms with Crippen molar-refractivity contribution in [1.82, 2.24) is 0 Å². The van der Waals surface area contributed by atoms with Crippen molar-refractivity contribution >= 4 is 14.1 Å². The molecule has 25 heavy (non-hydrogen) atoms.